The molecule has 0 N–H and O–H groups in total. The van der Waals surface area contributed by atoms with E-state index in [0.717, 1.165) is 11.3 Å². The van der Waals surface area contributed by atoms with Crippen LogP contribution in [-0.2, 0) is 0 Å². The Morgan fingerprint density at radius 1 is 1.47 bits per heavy atom. The smallest absolute Gasteiger partial charge is 0.218 e. The van der Waals surface area contributed by atoms with Crippen LogP contribution in [0.2, 0.25) is 0 Å². The first-order valence-electron chi connectivity index (χ1n) is 6.15. The summed E-state index contributed by atoms with van der Waals surface area (Å²) in [5.74, 6) is 0.881. The Kier molecular flexibility index (Phi) is 4.27. The van der Waals surface area contributed by atoms with Crippen LogP contribution in [0.5, 0.6) is 5.75 Å². The molecule has 0 saturated heterocycles. The van der Waals surface area contributed by atoms with Crippen molar-refractivity contribution in [1.82, 2.24) is 4.90 Å². The zero-order valence-electron chi connectivity index (χ0n) is 11.2. The number of hydrogen-bond donors (Lipinski definition) is 0. The average molecular weight is 275 g/mol. The van der Waals surface area contributed by atoms with E-state index in [1.165, 1.54) is 5.56 Å². The molecule has 100 valence electrons. The van der Waals surface area contributed by atoms with Crippen molar-refractivity contribution in [3.05, 3.63) is 42.0 Å². The number of hydrogen-bond acceptors (Lipinski definition) is 3. The standard InChI is InChI=1S/C14H17N3OS/c1-4-8-17-13(15-16-14(17)19)9-18-12-7-5-6-10(2)11(12)3/h4-7,13H,1,8-9H2,2-3H3. The zero-order valence-corrected chi connectivity index (χ0v) is 12.0. The molecule has 0 saturated carbocycles. The Morgan fingerprint density at radius 3 is 3.00 bits per heavy atom. The minimum absolute atomic E-state index is 0.162. The van der Waals surface area contributed by atoms with Gasteiger partial charge in [-0.2, -0.15) is 5.11 Å². The van der Waals surface area contributed by atoms with Gasteiger partial charge in [0.2, 0.25) is 5.11 Å². The number of nitrogens with zero attached hydrogens (tertiary/aromatic N) is 3. The molecule has 0 fully saturated rings. The lowest BCUT2D eigenvalue weighted by Crippen LogP contribution is -2.37. The van der Waals surface area contributed by atoms with E-state index in [1.54, 1.807) is 6.08 Å². The maximum atomic E-state index is 5.84. The lowest BCUT2D eigenvalue weighted by molar-refractivity contribution is 0.219. The minimum Gasteiger partial charge on any atom is -0.489 e. The molecule has 1 aromatic rings. The fourth-order valence-corrected chi connectivity index (χ4v) is 2.11. The van der Waals surface area contributed by atoms with Crippen LogP contribution in [0.25, 0.3) is 0 Å². The van der Waals surface area contributed by atoms with Crippen LogP contribution in [0.3, 0.4) is 0 Å². The molecule has 0 bridgehead atoms. The zero-order chi connectivity index (χ0) is 13.8. The first kappa shape index (κ1) is 13.7. The van der Waals surface area contributed by atoms with Crippen LogP contribution in [-0.4, -0.2) is 29.3 Å². The Morgan fingerprint density at radius 2 is 2.26 bits per heavy atom. The monoisotopic (exact) mass is 275 g/mol. The molecule has 19 heavy (non-hydrogen) atoms. The summed E-state index contributed by atoms with van der Waals surface area (Å²) < 4.78 is 5.84. The van der Waals surface area contributed by atoms with E-state index < -0.39 is 0 Å². The van der Waals surface area contributed by atoms with Gasteiger partial charge in [-0.1, -0.05) is 18.2 Å². The number of rotatable bonds is 5. The average Bonchev–Trinajstić information content (AvgIpc) is 2.74. The van der Waals surface area contributed by atoms with Crippen molar-refractivity contribution in [2.75, 3.05) is 13.2 Å². The normalized spacial score (nSPS) is 17.9. The maximum absolute atomic E-state index is 5.84. The summed E-state index contributed by atoms with van der Waals surface area (Å²) in [6.45, 7) is 8.89. The van der Waals surface area contributed by atoms with Crippen molar-refractivity contribution in [1.29, 1.82) is 0 Å². The van der Waals surface area contributed by atoms with E-state index in [0.29, 0.717) is 18.3 Å². The predicted octanol–water partition coefficient (Wildman–Crippen LogP) is 3.25. The van der Waals surface area contributed by atoms with E-state index in [9.17, 15) is 0 Å². The minimum atomic E-state index is -0.162. The van der Waals surface area contributed by atoms with Gasteiger partial charge in [0.15, 0.2) is 6.17 Å². The van der Waals surface area contributed by atoms with Gasteiger partial charge in [-0.05, 0) is 43.3 Å². The van der Waals surface area contributed by atoms with Crippen molar-refractivity contribution in [3.63, 3.8) is 0 Å². The summed E-state index contributed by atoms with van der Waals surface area (Å²) in [5, 5.41) is 8.54. The topological polar surface area (TPSA) is 37.2 Å². The molecule has 0 radical (unpaired) electrons. The summed E-state index contributed by atoms with van der Waals surface area (Å²) in [6.07, 6.45) is 1.62. The second-order valence-electron chi connectivity index (χ2n) is 4.43. The SMILES string of the molecule is C=CCN1C(=S)N=NC1COc1cccc(C)c1C. The number of benzene rings is 1. The maximum Gasteiger partial charge on any atom is 0.218 e. The molecule has 1 atom stereocenters. The third-order valence-electron chi connectivity index (χ3n) is 3.15. The van der Waals surface area contributed by atoms with E-state index >= 15 is 0 Å². The van der Waals surface area contributed by atoms with Crippen molar-refractivity contribution in [2.45, 2.75) is 20.0 Å². The molecular formula is C14H17N3OS. The highest BCUT2D eigenvalue weighted by molar-refractivity contribution is 7.80. The summed E-state index contributed by atoms with van der Waals surface area (Å²) in [4.78, 5) is 1.90. The van der Waals surface area contributed by atoms with Crippen LogP contribution in [0, 0.1) is 13.8 Å². The van der Waals surface area contributed by atoms with E-state index in [-0.39, 0.29) is 6.17 Å². The van der Waals surface area contributed by atoms with Crippen LogP contribution >= 0.6 is 12.2 Å². The van der Waals surface area contributed by atoms with Crippen molar-refractivity contribution in [2.24, 2.45) is 10.2 Å². The molecule has 1 aliphatic rings. The molecule has 2 rings (SSSR count). The first-order valence-corrected chi connectivity index (χ1v) is 6.55. The molecule has 0 spiro atoms. The Bertz CT molecular complexity index is 527. The fourth-order valence-electron chi connectivity index (χ4n) is 1.87. The molecule has 4 nitrogen and oxygen atoms in total. The van der Waals surface area contributed by atoms with Crippen molar-refractivity contribution in [3.8, 4) is 5.75 Å². The number of ether oxygens (including phenoxy) is 1. The van der Waals surface area contributed by atoms with Crippen molar-refractivity contribution >= 4 is 17.3 Å². The Hall–Kier alpha value is -1.75. The van der Waals surface area contributed by atoms with Gasteiger partial charge in [0.05, 0.1) is 0 Å². The molecule has 0 aliphatic carbocycles. The second kappa shape index (κ2) is 5.93. The molecule has 0 amide bonds. The van der Waals surface area contributed by atoms with Crippen molar-refractivity contribution < 1.29 is 4.74 Å². The molecule has 1 heterocycles. The highest BCUT2D eigenvalue weighted by Crippen LogP contribution is 2.22. The number of azo groups is 1. The molecule has 1 aromatic carbocycles. The van der Waals surface area contributed by atoms with E-state index in [4.69, 9.17) is 17.0 Å². The first-order chi connectivity index (χ1) is 9.13. The summed E-state index contributed by atoms with van der Waals surface area (Å²) in [7, 11) is 0. The molecule has 1 aliphatic heterocycles. The Balaban J connectivity index is 2.02. The summed E-state index contributed by atoms with van der Waals surface area (Å²) >= 11 is 5.12. The van der Waals surface area contributed by atoms with E-state index in [1.807, 2.05) is 24.0 Å². The molecule has 1 unspecified atom stereocenters. The lowest BCUT2D eigenvalue weighted by atomic mass is 10.1. The number of thiocarbonyl (C=S) groups is 1. The summed E-state index contributed by atoms with van der Waals surface area (Å²) in [5.41, 5.74) is 2.36. The van der Waals surface area contributed by atoms with Crippen LogP contribution < -0.4 is 4.74 Å². The molecule has 0 aromatic heterocycles. The van der Waals surface area contributed by atoms with Gasteiger partial charge >= 0.3 is 0 Å². The second-order valence-corrected chi connectivity index (χ2v) is 4.79. The van der Waals surface area contributed by atoms with Gasteiger partial charge in [-0.3, -0.25) is 0 Å². The third kappa shape index (κ3) is 2.98. The van der Waals surface area contributed by atoms with Crippen LogP contribution in [0.1, 0.15) is 11.1 Å². The van der Waals surface area contributed by atoms with Gasteiger partial charge in [-0.15, -0.1) is 11.7 Å². The molecule has 5 heteroatoms. The predicted molar refractivity (Wildman–Crippen MR) is 79.6 cm³/mol. The van der Waals surface area contributed by atoms with Gasteiger partial charge in [0, 0.05) is 6.54 Å². The van der Waals surface area contributed by atoms with Gasteiger partial charge in [-0.25, -0.2) is 0 Å². The summed E-state index contributed by atoms with van der Waals surface area (Å²) in [6, 6.07) is 6.02. The van der Waals surface area contributed by atoms with E-state index in [2.05, 4.69) is 29.8 Å². The van der Waals surface area contributed by atoms with Crippen LogP contribution in [0.15, 0.2) is 41.1 Å². The molecular weight excluding hydrogens is 258 g/mol. The highest BCUT2D eigenvalue weighted by Gasteiger charge is 2.25. The quantitative estimate of drug-likeness (QED) is 0.611. The lowest BCUT2D eigenvalue weighted by Gasteiger charge is -2.22. The van der Waals surface area contributed by atoms with Gasteiger partial charge in [0.1, 0.15) is 12.4 Å². The number of aryl methyl sites for hydroxylation is 1. The Labute approximate surface area is 118 Å². The highest BCUT2D eigenvalue weighted by atomic mass is 32.1. The fraction of sp³-hybridized carbons (Fsp3) is 0.357. The largest absolute Gasteiger partial charge is 0.489 e. The van der Waals surface area contributed by atoms with Crippen LogP contribution in [0.4, 0.5) is 0 Å². The third-order valence-corrected chi connectivity index (χ3v) is 3.47. The van der Waals surface area contributed by atoms with Gasteiger partial charge in [0.25, 0.3) is 0 Å². The van der Waals surface area contributed by atoms with Gasteiger partial charge < -0.3 is 9.64 Å².